The maximum Gasteiger partial charge on any atom is 0.293 e. The Kier molecular flexibility index (Phi) is 5.91. The smallest absolute Gasteiger partial charge is 0.293 e. The van der Waals surface area contributed by atoms with Crippen LogP contribution in [0, 0.1) is 5.92 Å². The Bertz CT molecular complexity index is 379. The van der Waals surface area contributed by atoms with E-state index in [0.29, 0.717) is 13.1 Å². The van der Waals surface area contributed by atoms with Crippen LogP contribution < -0.4 is 0 Å². The number of benzene rings is 1. The van der Waals surface area contributed by atoms with Gasteiger partial charge >= 0.3 is 0 Å². The SMILES string of the molecule is CCOC=O.O=C(c1ccc(O)cc1)C1CCC1. The molecule has 0 atom stereocenters. The number of ether oxygens (including phenoxy) is 1. The third-order valence-electron chi connectivity index (χ3n) is 2.86. The number of aromatic hydroxyl groups is 1. The Balaban J connectivity index is 0.000000280. The minimum absolute atomic E-state index is 0.213. The molecule has 2 rings (SSSR count). The van der Waals surface area contributed by atoms with Gasteiger partial charge < -0.3 is 9.84 Å². The van der Waals surface area contributed by atoms with Gasteiger partial charge in [0.2, 0.25) is 0 Å². The first kappa shape index (κ1) is 14.2. The lowest BCUT2D eigenvalue weighted by molar-refractivity contribution is -0.128. The number of hydrogen-bond acceptors (Lipinski definition) is 4. The lowest BCUT2D eigenvalue weighted by Crippen LogP contribution is -2.21. The highest BCUT2D eigenvalue weighted by Gasteiger charge is 2.25. The molecule has 0 aromatic heterocycles. The fourth-order valence-electron chi connectivity index (χ4n) is 1.60. The third kappa shape index (κ3) is 4.20. The van der Waals surface area contributed by atoms with E-state index in [-0.39, 0.29) is 17.5 Å². The van der Waals surface area contributed by atoms with Crippen molar-refractivity contribution in [2.24, 2.45) is 5.92 Å². The molecule has 1 aromatic carbocycles. The number of ketones is 1. The largest absolute Gasteiger partial charge is 0.508 e. The van der Waals surface area contributed by atoms with E-state index in [1.54, 1.807) is 31.2 Å². The summed E-state index contributed by atoms with van der Waals surface area (Å²) < 4.78 is 4.15. The van der Waals surface area contributed by atoms with Gasteiger partial charge in [0.1, 0.15) is 5.75 Å². The molecule has 4 nitrogen and oxygen atoms in total. The summed E-state index contributed by atoms with van der Waals surface area (Å²) in [5.41, 5.74) is 0.725. The van der Waals surface area contributed by atoms with Crippen molar-refractivity contribution in [3.8, 4) is 5.75 Å². The topological polar surface area (TPSA) is 63.6 Å². The number of carbonyl (C=O) groups excluding carboxylic acids is 2. The summed E-state index contributed by atoms with van der Waals surface area (Å²) in [7, 11) is 0. The molecule has 0 unspecified atom stereocenters. The lowest BCUT2D eigenvalue weighted by Gasteiger charge is -2.23. The van der Waals surface area contributed by atoms with Crippen molar-refractivity contribution in [2.45, 2.75) is 26.2 Å². The van der Waals surface area contributed by atoms with Gasteiger partial charge in [0.25, 0.3) is 6.47 Å². The highest BCUT2D eigenvalue weighted by atomic mass is 16.5. The second-order valence-corrected chi connectivity index (χ2v) is 4.09. The first-order valence-corrected chi connectivity index (χ1v) is 6.07. The summed E-state index contributed by atoms with van der Waals surface area (Å²) >= 11 is 0. The molecule has 0 amide bonds. The van der Waals surface area contributed by atoms with Crippen LogP contribution in [0.3, 0.4) is 0 Å². The van der Waals surface area contributed by atoms with Crippen molar-refractivity contribution in [1.29, 1.82) is 0 Å². The van der Waals surface area contributed by atoms with Gasteiger partial charge in [0, 0.05) is 11.5 Å². The van der Waals surface area contributed by atoms with Crippen LogP contribution in [0.2, 0.25) is 0 Å². The Labute approximate surface area is 107 Å². The maximum absolute atomic E-state index is 11.7. The van der Waals surface area contributed by atoms with Gasteiger partial charge in [0.05, 0.1) is 6.61 Å². The molecule has 1 aromatic rings. The summed E-state index contributed by atoms with van der Waals surface area (Å²) in [6.07, 6.45) is 3.23. The van der Waals surface area contributed by atoms with Gasteiger partial charge in [-0.25, -0.2) is 0 Å². The second kappa shape index (κ2) is 7.48. The molecule has 0 bridgehead atoms. The number of carbonyl (C=O) groups is 2. The number of Topliss-reactive ketones (excluding diaryl/α,β-unsaturated/α-hetero) is 1. The summed E-state index contributed by atoms with van der Waals surface area (Å²) in [5, 5.41) is 9.04. The molecule has 0 saturated heterocycles. The van der Waals surface area contributed by atoms with Gasteiger partial charge in [-0.15, -0.1) is 0 Å². The summed E-state index contributed by atoms with van der Waals surface area (Å²) in [6.45, 7) is 2.66. The molecular weight excluding hydrogens is 232 g/mol. The van der Waals surface area contributed by atoms with Crippen molar-refractivity contribution >= 4 is 12.3 Å². The number of phenolic OH excluding ortho intramolecular Hbond substituents is 1. The molecule has 0 spiro atoms. The molecule has 1 aliphatic rings. The highest BCUT2D eigenvalue weighted by molar-refractivity contribution is 5.98. The first-order chi connectivity index (χ1) is 8.69. The number of rotatable bonds is 4. The van der Waals surface area contributed by atoms with Crippen LogP contribution in [0.1, 0.15) is 36.5 Å². The van der Waals surface area contributed by atoms with Crippen molar-refractivity contribution in [1.82, 2.24) is 0 Å². The van der Waals surface area contributed by atoms with E-state index in [2.05, 4.69) is 4.74 Å². The molecule has 0 radical (unpaired) electrons. The van der Waals surface area contributed by atoms with Crippen LogP contribution in [-0.2, 0) is 9.53 Å². The van der Waals surface area contributed by atoms with E-state index >= 15 is 0 Å². The van der Waals surface area contributed by atoms with Gasteiger partial charge in [-0.1, -0.05) is 6.42 Å². The van der Waals surface area contributed by atoms with E-state index in [1.807, 2.05) is 0 Å². The van der Waals surface area contributed by atoms with Crippen LogP contribution >= 0.6 is 0 Å². The van der Waals surface area contributed by atoms with Crippen molar-refractivity contribution < 1.29 is 19.4 Å². The lowest BCUT2D eigenvalue weighted by atomic mass is 9.80. The van der Waals surface area contributed by atoms with Crippen LogP contribution in [0.5, 0.6) is 5.75 Å². The minimum atomic E-state index is 0.213. The standard InChI is InChI=1S/C11H12O2.C3H6O2/c12-10-6-4-9(5-7-10)11(13)8-2-1-3-8;1-2-5-3-4/h4-8,12H,1-3H2;3H,2H2,1H3. The second-order valence-electron chi connectivity index (χ2n) is 4.09. The Morgan fingerprint density at radius 1 is 1.39 bits per heavy atom. The normalized spacial score (nSPS) is 13.8. The van der Waals surface area contributed by atoms with Gasteiger partial charge in [-0.05, 0) is 44.0 Å². The number of phenols is 1. The zero-order valence-electron chi connectivity index (χ0n) is 10.5. The molecule has 18 heavy (non-hydrogen) atoms. The average Bonchev–Trinajstić information content (AvgIpc) is 2.29. The Morgan fingerprint density at radius 2 is 2.00 bits per heavy atom. The highest BCUT2D eigenvalue weighted by Crippen LogP contribution is 2.29. The molecule has 1 fully saturated rings. The van der Waals surface area contributed by atoms with Crippen molar-refractivity contribution in [3.63, 3.8) is 0 Å². The average molecular weight is 250 g/mol. The molecule has 0 aliphatic heterocycles. The fraction of sp³-hybridized carbons (Fsp3) is 0.429. The fourth-order valence-corrected chi connectivity index (χ4v) is 1.60. The zero-order valence-corrected chi connectivity index (χ0v) is 10.5. The Morgan fingerprint density at radius 3 is 2.33 bits per heavy atom. The van der Waals surface area contributed by atoms with Gasteiger partial charge in [-0.2, -0.15) is 0 Å². The van der Waals surface area contributed by atoms with Crippen molar-refractivity contribution in [2.75, 3.05) is 6.61 Å². The molecule has 0 heterocycles. The minimum Gasteiger partial charge on any atom is -0.508 e. The first-order valence-electron chi connectivity index (χ1n) is 6.07. The third-order valence-corrected chi connectivity index (χ3v) is 2.86. The number of hydrogen-bond donors (Lipinski definition) is 1. The van der Waals surface area contributed by atoms with Crippen LogP contribution in [-0.4, -0.2) is 24.0 Å². The summed E-state index contributed by atoms with van der Waals surface area (Å²) in [4.78, 5) is 20.8. The van der Waals surface area contributed by atoms with Crippen molar-refractivity contribution in [3.05, 3.63) is 29.8 Å². The van der Waals surface area contributed by atoms with Crippen LogP contribution in [0.15, 0.2) is 24.3 Å². The maximum atomic E-state index is 11.7. The van der Waals surface area contributed by atoms with Crippen LogP contribution in [0.25, 0.3) is 0 Å². The quantitative estimate of drug-likeness (QED) is 0.659. The monoisotopic (exact) mass is 250 g/mol. The van der Waals surface area contributed by atoms with Gasteiger partial charge in [-0.3, -0.25) is 9.59 Å². The molecular formula is C14H18O4. The zero-order chi connectivity index (χ0) is 13.4. The van der Waals surface area contributed by atoms with E-state index < -0.39 is 0 Å². The van der Waals surface area contributed by atoms with Gasteiger partial charge in [0.15, 0.2) is 5.78 Å². The Hall–Kier alpha value is -1.84. The molecule has 98 valence electrons. The summed E-state index contributed by atoms with van der Waals surface area (Å²) in [6, 6.07) is 6.50. The van der Waals surface area contributed by atoms with E-state index in [9.17, 15) is 9.59 Å². The van der Waals surface area contributed by atoms with E-state index in [4.69, 9.17) is 5.11 Å². The molecule has 4 heteroatoms. The van der Waals surface area contributed by atoms with Crippen LogP contribution in [0.4, 0.5) is 0 Å². The summed E-state index contributed by atoms with van der Waals surface area (Å²) in [5.74, 6) is 0.681. The molecule has 1 aliphatic carbocycles. The predicted molar refractivity (Wildman–Crippen MR) is 67.5 cm³/mol. The van der Waals surface area contributed by atoms with E-state index in [1.165, 1.54) is 6.42 Å². The predicted octanol–water partition coefficient (Wildman–Crippen LogP) is 2.55. The van der Waals surface area contributed by atoms with E-state index in [0.717, 1.165) is 18.4 Å². The molecule has 1 N–H and O–H groups in total. The molecule has 1 saturated carbocycles.